The highest BCUT2D eigenvalue weighted by Crippen LogP contribution is 2.32. The molecule has 142 valence electrons. The molecule has 0 bridgehead atoms. The van der Waals surface area contributed by atoms with E-state index in [2.05, 4.69) is 0 Å². The summed E-state index contributed by atoms with van der Waals surface area (Å²) in [6.07, 6.45) is 2.20. The molecule has 0 spiro atoms. The molecule has 2 aromatic carbocycles. The van der Waals surface area contributed by atoms with Crippen LogP contribution in [0.5, 0.6) is 5.75 Å². The summed E-state index contributed by atoms with van der Waals surface area (Å²) in [5, 5.41) is -0.576. The topological polar surface area (TPSA) is 46.6 Å². The number of amides is 2. The summed E-state index contributed by atoms with van der Waals surface area (Å²) in [6.45, 7) is 2.83. The smallest absolute Gasteiger partial charge is 0.289 e. The third kappa shape index (κ3) is 4.89. The summed E-state index contributed by atoms with van der Waals surface area (Å²) in [5.74, 6) is 0.273. The predicted octanol–water partition coefficient (Wildman–Crippen LogP) is 4.81. The van der Waals surface area contributed by atoms with Crippen LogP contribution in [0.3, 0.4) is 0 Å². The second kappa shape index (κ2) is 9.04. The lowest BCUT2D eigenvalue weighted by Crippen LogP contribution is -2.33. The molecule has 1 aliphatic rings. The minimum Gasteiger partial charge on any atom is -0.489 e. The van der Waals surface area contributed by atoms with Crippen LogP contribution in [-0.4, -0.2) is 27.8 Å². The molecule has 4 nitrogen and oxygen atoms in total. The lowest BCUT2D eigenvalue weighted by molar-refractivity contribution is -0.126. The van der Waals surface area contributed by atoms with Crippen LogP contribution in [0.25, 0.3) is 0 Å². The number of carbonyl (C=O) groups is 2. The molecule has 1 fully saturated rings. The number of rotatable bonds is 8. The molecule has 2 aromatic rings. The van der Waals surface area contributed by atoms with Crippen molar-refractivity contribution in [1.29, 1.82) is 0 Å². The number of hydrogen-bond acceptors (Lipinski definition) is 4. The molecule has 0 saturated carbocycles. The zero-order valence-corrected chi connectivity index (χ0v) is 16.0. The van der Waals surface area contributed by atoms with Crippen molar-refractivity contribution < 1.29 is 18.7 Å². The highest BCUT2D eigenvalue weighted by atomic mass is 32.2. The van der Waals surface area contributed by atoms with E-state index in [0.29, 0.717) is 25.3 Å². The van der Waals surface area contributed by atoms with E-state index in [9.17, 15) is 14.0 Å². The van der Waals surface area contributed by atoms with E-state index in [1.807, 2.05) is 31.2 Å². The number of halogens is 1. The molecular formula is C21H22FNO3S. The summed E-state index contributed by atoms with van der Waals surface area (Å²) < 4.78 is 18.9. The second-order valence-electron chi connectivity index (χ2n) is 6.44. The molecule has 0 aromatic heterocycles. The van der Waals surface area contributed by atoms with Crippen molar-refractivity contribution in [3.05, 3.63) is 65.5 Å². The Morgan fingerprint density at radius 3 is 2.59 bits per heavy atom. The van der Waals surface area contributed by atoms with E-state index in [1.165, 1.54) is 17.0 Å². The summed E-state index contributed by atoms with van der Waals surface area (Å²) >= 11 is 1.09. The van der Waals surface area contributed by atoms with Crippen LogP contribution >= 0.6 is 11.8 Å². The zero-order chi connectivity index (χ0) is 19.2. The van der Waals surface area contributed by atoms with E-state index in [-0.39, 0.29) is 17.0 Å². The SMILES string of the molecule is CCCCN1C(=O)S[C@H](Cc2ccccc2OCc2ccc(F)cc2)C1=O. The average molecular weight is 387 g/mol. The largest absolute Gasteiger partial charge is 0.489 e. The standard InChI is InChI=1S/C21H22FNO3S/c1-2-3-12-23-20(24)19(27-21(23)25)13-16-6-4-5-7-18(16)26-14-15-8-10-17(22)11-9-15/h4-11,19H,2-3,12-14H2,1H3/t19-/m1/s1. The number of unbranched alkanes of at least 4 members (excludes halogenated alkanes) is 1. The second-order valence-corrected chi connectivity index (χ2v) is 7.60. The first kappa shape index (κ1) is 19.4. The highest BCUT2D eigenvalue weighted by Gasteiger charge is 2.39. The quantitative estimate of drug-likeness (QED) is 0.652. The third-order valence-corrected chi connectivity index (χ3v) is 5.50. The Labute approximate surface area is 162 Å². The van der Waals surface area contributed by atoms with Gasteiger partial charge in [0, 0.05) is 6.54 Å². The Morgan fingerprint density at radius 2 is 1.85 bits per heavy atom. The third-order valence-electron chi connectivity index (χ3n) is 4.43. The van der Waals surface area contributed by atoms with Gasteiger partial charge in [-0.2, -0.15) is 0 Å². The van der Waals surface area contributed by atoms with E-state index in [4.69, 9.17) is 4.74 Å². The van der Waals surface area contributed by atoms with Crippen LogP contribution in [0, 0.1) is 5.82 Å². The maximum atomic E-state index is 13.0. The molecule has 1 heterocycles. The number of benzene rings is 2. The fourth-order valence-electron chi connectivity index (χ4n) is 2.90. The van der Waals surface area contributed by atoms with Crippen molar-refractivity contribution in [2.45, 2.75) is 38.0 Å². The lowest BCUT2D eigenvalue weighted by Gasteiger charge is -2.15. The van der Waals surface area contributed by atoms with Crippen molar-refractivity contribution in [3.63, 3.8) is 0 Å². The average Bonchev–Trinajstić information content (AvgIpc) is 2.93. The van der Waals surface area contributed by atoms with E-state index in [0.717, 1.165) is 35.7 Å². The van der Waals surface area contributed by atoms with Crippen LogP contribution in [-0.2, 0) is 17.8 Å². The van der Waals surface area contributed by atoms with Gasteiger partial charge in [-0.1, -0.05) is 55.4 Å². The Bertz CT molecular complexity index is 809. The zero-order valence-electron chi connectivity index (χ0n) is 15.2. The Balaban J connectivity index is 1.66. The van der Waals surface area contributed by atoms with Crippen LogP contribution in [0.15, 0.2) is 48.5 Å². The molecule has 6 heteroatoms. The van der Waals surface area contributed by atoms with Crippen LogP contribution in [0.1, 0.15) is 30.9 Å². The molecule has 0 N–H and O–H groups in total. The molecule has 1 aliphatic heterocycles. The maximum Gasteiger partial charge on any atom is 0.289 e. The van der Waals surface area contributed by atoms with Gasteiger partial charge in [-0.3, -0.25) is 14.5 Å². The predicted molar refractivity (Wildman–Crippen MR) is 104 cm³/mol. The van der Waals surface area contributed by atoms with Crippen LogP contribution in [0.4, 0.5) is 9.18 Å². The van der Waals surface area contributed by atoms with Gasteiger partial charge >= 0.3 is 0 Å². The van der Waals surface area contributed by atoms with Gasteiger partial charge in [0.05, 0.1) is 5.25 Å². The minimum atomic E-state index is -0.412. The van der Waals surface area contributed by atoms with Crippen molar-refractivity contribution in [2.24, 2.45) is 0 Å². The molecule has 3 rings (SSSR count). The first-order chi connectivity index (χ1) is 13.1. The van der Waals surface area contributed by atoms with Gasteiger partial charge in [0.15, 0.2) is 0 Å². The van der Waals surface area contributed by atoms with Gasteiger partial charge < -0.3 is 4.74 Å². The first-order valence-electron chi connectivity index (χ1n) is 9.05. The Hall–Kier alpha value is -2.34. The lowest BCUT2D eigenvalue weighted by atomic mass is 10.1. The minimum absolute atomic E-state index is 0.119. The number of carbonyl (C=O) groups excluding carboxylic acids is 2. The van der Waals surface area contributed by atoms with Gasteiger partial charge in [0.25, 0.3) is 5.24 Å². The molecule has 0 unspecified atom stereocenters. The molecular weight excluding hydrogens is 365 g/mol. The fraction of sp³-hybridized carbons (Fsp3) is 0.333. The molecule has 1 saturated heterocycles. The van der Waals surface area contributed by atoms with Crippen molar-refractivity contribution in [3.8, 4) is 5.75 Å². The summed E-state index contributed by atoms with van der Waals surface area (Å²) in [4.78, 5) is 26.0. The van der Waals surface area contributed by atoms with Gasteiger partial charge in [0.1, 0.15) is 18.2 Å². The summed E-state index contributed by atoms with van der Waals surface area (Å²) in [6, 6.07) is 13.7. The van der Waals surface area contributed by atoms with Gasteiger partial charge in [-0.05, 0) is 42.2 Å². The summed E-state index contributed by atoms with van der Waals surface area (Å²) in [7, 11) is 0. The Kier molecular flexibility index (Phi) is 6.50. The first-order valence-corrected chi connectivity index (χ1v) is 9.93. The molecule has 0 aliphatic carbocycles. The highest BCUT2D eigenvalue weighted by molar-refractivity contribution is 8.15. The maximum absolute atomic E-state index is 13.0. The number of ether oxygens (including phenoxy) is 1. The molecule has 2 amide bonds. The van der Waals surface area contributed by atoms with Crippen molar-refractivity contribution in [1.82, 2.24) is 4.90 Å². The normalized spacial score (nSPS) is 16.8. The molecule has 1 atom stereocenters. The van der Waals surface area contributed by atoms with E-state index in [1.54, 1.807) is 12.1 Å². The van der Waals surface area contributed by atoms with Crippen molar-refractivity contribution >= 4 is 22.9 Å². The molecule has 0 radical (unpaired) electrons. The number of para-hydroxylation sites is 1. The van der Waals surface area contributed by atoms with Gasteiger partial charge in [0.2, 0.25) is 5.91 Å². The summed E-state index contributed by atoms with van der Waals surface area (Å²) in [5.41, 5.74) is 1.74. The number of imide groups is 1. The van der Waals surface area contributed by atoms with E-state index >= 15 is 0 Å². The van der Waals surface area contributed by atoms with Crippen LogP contribution < -0.4 is 4.74 Å². The molecule has 27 heavy (non-hydrogen) atoms. The Morgan fingerprint density at radius 1 is 1.11 bits per heavy atom. The monoisotopic (exact) mass is 387 g/mol. The number of thioether (sulfide) groups is 1. The van der Waals surface area contributed by atoms with Gasteiger partial charge in [-0.15, -0.1) is 0 Å². The fourth-order valence-corrected chi connectivity index (χ4v) is 3.94. The number of nitrogens with zero attached hydrogens (tertiary/aromatic N) is 1. The van der Waals surface area contributed by atoms with Crippen molar-refractivity contribution in [2.75, 3.05) is 6.54 Å². The van der Waals surface area contributed by atoms with Crippen LogP contribution in [0.2, 0.25) is 0 Å². The van der Waals surface area contributed by atoms with Gasteiger partial charge in [-0.25, -0.2) is 4.39 Å². The van der Waals surface area contributed by atoms with E-state index < -0.39 is 5.25 Å². The number of hydrogen-bond donors (Lipinski definition) is 0.